The van der Waals surface area contributed by atoms with E-state index in [9.17, 15) is 0 Å². The lowest BCUT2D eigenvalue weighted by Crippen LogP contribution is -2.50. The van der Waals surface area contributed by atoms with E-state index < -0.39 is 8.32 Å². The van der Waals surface area contributed by atoms with Crippen molar-refractivity contribution in [3.8, 4) is 0 Å². The van der Waals surface area contributed by atoms with Gasteiger partial charge in [0.1, 0.15) is 0 Å². The van der Waals surface area contributed by atoms with Gasteiger partial charge in [-0.3, -0.25) is 4.90 Å². The van der Waals surface area contributed by atoms with E-state index in [0.29, 0.717) is 12.6 Å². The number of hydrogen-bond acceptors (Lipinski definition) is 3. The third kappa shape index (κ3) is 3.80. The van der Waals surface area contributed by atoms with Gasteiger partial charge in [0.25, 0.3) is 0 Å². The number of nitrogens with zero attached hydrogens (tertiary/aromatic N) is 1. The molecule has 0 aromatic heterocycles. The van der Waals surface area contributed by atoms with Gasteiger partial charge >= 0.3 is 0 Å². The van der Waals surface area contributed by atoms with Crippen LogP contribution in [-0.2, 0) is 17.5 Å². The van der Waals surface area contributed by atoms with Crippen LogP contribution in [0, 0.1) is 0 Å². The van der Waals surface area contributed by atoms with Crippen LogP contribution in [0.5, 0.6) is 0 Å². The Morgan fingerprint density at radius 3 is 2.14 bits per heavy atom. The van der Waals surface area contributed by atoms with Crippen LogP contribution in [0.25, 0.3) is 0 Å². The van der Waals surface area contributed by atoms with Gasteiger partial charge in [-0.1, -0.05) is 45.0 Å². The van der Waals surface area contributed by atoms with Crippen LogP contribution in [0.2, 0.25) is 18.1 Å². The lowest BCUT2D eigenvalue weighted by Gasteiger charge is -2.38. The summed E-state index contributed by atoms with van der Waals surface area (Å²) in [6, 6.07) is 9.07. The second-order valence-corrected chi connectivity index (χ2v) is 13.0. The zero-order chi connectivity index (χ0) is 16.5. The molecule has 22 heavy (non-hydrogen) atoms. The van der Waals surface area contributed by atoms with Gasteiger partial charge in [0, 0.05) is 25.2 Å². The largest absolute Gasteiger partial charge is 0.415 e. The molecule has 4 heteroatoms. The highest BCUT2D eigenvalue weighted by molar-refractivity contribution is 6.74. The summed E-state index contributed by atoms with van der Waals surface area (Å²) in [6.45, 7) is 16.3. The first-order chi connectivity index (χ1) is 10.1. The summed E-state index contributed by atoms with van der Waals surface area (Å²) in [5.41, 5.74) is 9.31. The summed E-state index contributed by atoms with van der Waals surface area (Å²) in [5, 5.41) is 0.236. The Labute approximate surface area is 137 Å². The van der Waals surface area contributed by atoms with Gasteiger partial charge in [0.15, 0.2) is 8.32 Å². The minimum Gasteiger partial charge on any atom is -0.415 e. The molecule has 0 unspecified atom stereocenters. The van der Waals surface area contributed by atoms with Crippen LogP contribution in [0.15, 0.2) is 24.3 Å². The van der Waals surface area contributed by atoms with Crippen LogP contribution < -0.4 is 5.73 Å². The Morgan fingerprint density at radius 1 is 1.18 bits per heavy atom. The predicted molar refractivity (Wildman–Crippen MR) is 96.3 cm³/mol. The molecule has 0 fully saturated rings. The summed E-state index contributed by atoms with van der Waals surface area (Å²) in [5.74, 6) is 0. The number of hydrogen-bond donors (Lipinski definition) is 1. The van der Waals surface area contributed by atoms with Crippen LogP contribution in [0.1, 0.15) is 38.8 Å². The first kappa shape index (κ1) is 17.7. The molecule has 1 aromatic rings. The average Bonchev–Trinajstić information content (AvgIpc) is 2.86. The maximum atomic E-state index is 6.44. The van der Waals surface area contributed by atoms with Crippen LogP contribution >= 0.6 is 0 Å². The van der Waals surface area contributed by atoms with E-state index in [-0.39, 0.29) is 11.1 Å². The zero-order valence-corrected chi connectivity index (χ0v) is 16.0. The first-order valence-electron chi connectivity index (χ1n) is 8.32. The molecule has 0 bridgehead atoms. The molecule has 1 heterocycles. The highest BCUT2D eigenvalue weighted by Gasteiger charge is 2.38. The fourth-order valence-electron chi connectivity index (χ4n) is 2.58. The maximum Gasteiger partial charge on any atom is 0.192 e. The van der Waals surface area contributed by atoms with Crippen LogP contribution in [0.3, 0.4) is 0 Å². The molecule has 0 aliphatic carbocycles. The number of fused-ring (bicyclic) bond motifs is 1. The fourth-order valence-corrected chi connectivity index (χ4v) is 3.62. The topological polar surface area (TPSA) is 38.5 Å². The molecule has 1 aromatic carbocycles. The molecule has 0 amide bonds. The normalized spacial score (nSPS) is 19.0. The van der Waals surface area contributed by atoms with Crippen molar-refractivity contribution < 1.29 is 4.43 Å². The molecule has 2 N–H and O–H groups in total. The van der Waals surface area contributed by atoms with E-state index in [1.807, 2.05) is 0 Å². The number of nitrogens with two attached hydrogens (primary N) is 1. The lowest BCUT2D eigenvalue weighted by atomic mass is 10.1. The van der Waals surface area contributed by atoms with E-state index >= 15 is 0 Å². The molecule has 2 atom stereocenters. The van der Waals surface area contributed by atoms with Gasteiger partial charge in [-0.2, -0.15) is 0 Å². The minimum atomic E-state index is -1.72. The lowest BCUT2D eigenvalue weighted by molar-refractivity contribution is 0.147. The average molecular weight is 321 g/mol. The highest BCUT2D eigenvalue weighted by Crippen LogP contribution is 2.36. The first-order valence-corrected chi connectivity index (χ1v) is 11.2. The SMILES string of the molecule is C[C@H]([C@H](N)CO[Si](C)(C)C(C)(C)C)N1Cc2ccccc2C1. The number of benzene rings is 1. The summed E-state index contributed by atoms with van der Waals surface area (Å²) in [7, 11) is -1.72. The highest BCUT2D eigenvalue weighted by atomic mass is 28.4. The third-order valence-corrected chi connectivity index (χ3v) is 10.0. The summed E-state index contributed by atoms with van der Waals surface area (Å²) < 4.78 is 6.30. The standard InChI is InChI=1S/C18H32N2OSi/c1-14(17(19)13-21-22(5,6)18(2,3)4)20-11-15-9-7-8-10-16(15)12-20/h7-10,14,17H,11-13,19H2,1-6H3/t14-,17-/m1/s1. The van der Waals surface area contributed by atoms with E-state index in [0.717, 1.165) is 13.1 Å². The Kier molecular flexibility index (Phi) is 5.17. The van der Waals surface area contributed by atoms with Gasteiger partial charge in [0.05, 0.1) is 6.61 Å². The van der Waals surface area contributed by atoms with E-state index in [2.05, 4.69) is 70.0 Å². The molecular weight excluding hydrogens is 288 g/mol. The van der Waals surface area contributed by atoms with Crippen molar-refractivity contribution in [3.63, 3.8) is 0 Å². The second-order valence-electron chi connectivity index (χ2n) is 8.15. The number of rotatable bonds is 5. The van der Waals surface area contributed by atoms with E-state index in [4.69, 9.17) is 10.2 Å². The van der Waals surface area contributed by atoms with Crippen molar-refractivity contribution in [1.82, 2.24) is 4.90 Å². The maximum absolute atomic E-state index is 6.44. The van der Waals surface area contributed by atoms with Crippen LogP contribution in [-0.4, -0.2) is 31.9 Å². The Hall–Kier alpha value is -0.683. The quantitative estimate of drug-likeness (QED) is 0.840. The van der Waals surface area contributed by atoms with Crippen molar-refractivity contribution in [2.45, 2.75) is 71.0 Å². The van der Waals surface area contributed by atoms with Crippen molar-refractivity contribution in [2.75, 3.05) is 6.61 Å². The van der Waals surface area contributed by atoms with Crippen molar-refractivity contribution >= 4 is 8.32 Å². The van der Waals surface area contributed by atoms with Crippen molar-refractivity contribution in [3.05, 3.63) is 35.4 Å². The zero-order valence-electron chi connectivity index (χ0n) is 15.0. The summed E-state index contributed by atoms with van der Waals surface area (Å²) in [6.07, 6.45) is 0. The molecule has 124 valence electrons. The second kappa shape index (κ2) is 6.44. The molecule has 1 aliphatic heterocycles. The molecule has 0 saturated heterocycles. The molecule has 2 rings (SSSR count). The van der Waals surface area contributed by atoms with Gasteiger partial charge in [-0.05, 0) is 36.2 Å². The summed E-state index contributed by atoms with van der Waals surface area (Å²) in [4.78, 5) is 2.46. The molecule has 0 saturated carbocycles. The minimum absolute atomic E-state index is 0.0587. The third-order valence-electron chi connectivity index (χ3n) is 5.50. The van der Waals surface area contributed by atoms with Crippen molar-refractivity contribution in [1.29, 1.82) is 0 Å². The van der Waals surface area contributed by atoms with E-state index in [1.165, 1.54) is 11.1 Å². The molecular formula is C18H32N2OSi. The predicted octanol–water partition coefficient (Wildman–Crippen LogP) is 3.74. The Bertz CT molecular complexity index is 485. The smallest absolute Gasteiger partial charge is 0.192 e. The molecule has 0 radical (unpaired) electrons. The Balaban J connectivity index is 1.90. The fraction of sp³-hybridized carbons (Fsp3) is 0.667. The molecule has 1 aliphatic rings. The molecule has 3 nitrogen and oxygen atoms in total. The molecule has 0 spiro atoms. The van der Waals surface area contributed by atoms with Gasteiger partial charge in [-0.25, -0.2) is 0 Å². The van der Waals surface area contributed by atoms with Crippen LogP contribution in [0.4, 0.5) is 0 Å². The van der Waals surface area contributed by atoms with Gasteiger partial charge in [0.2, 0.25) is 0 Å². The van der Waals surface area contributed by atoms with Gasteiger partial charge < -0.3 is 10.2 Å². The van der Waals surface area contributed by atoms with Gasteiger partial charge in [-0.15, -0.1) is 0 Å². The summed E-state index contributed by atoms with van der Waals surface area (Å²) >= 11 is 0. The van der Waals surface area contributed by atoms with Crippen molar-refractivity contribution in [2.24, 2.45) is 5.73 Å². The Morgan fingerprint density at radius 2 is 1.68 bits per heavy atom. The van der Waals surface area contributed by atoms with E-state index in [1.54, 1.807) is 0 Å². The monoisotopic (exact) mass is 320 g/mol.